The lowest BCUT2D eigenvalue weighted by Crippen LogP contribution is -2.30. The van der Waals surface area contributed by atoms with Crippen LogP contribution in [0.3, 0.4) is 0 Å². The summed E-state index contributed by atoms with van der Waals surface area (Å²) in [5.74, 6) is 3.64. The van der Waals surface area contributed by atoms with Gasteiger partial charge in [0.2, 0.25) is 0 Å². The second-order valence-corrected chi connectivity index (χ2v) is 6.31. The van der Waals surface area contributed by atoms with E-state index in [1.54, 1.807) is 0 Å². The maximum Gasteiger partial charge on any atom is 0.0991 e. The largest absolute Gasteiger partial charge is 0.387 e. The van der Waals surface area contributed by atoms with Crippen LogP contribution >= 0.6 is 0 Å². The van der Waals surface area contributed by atoms with E-state index >= 15 is 0 Å². The molecule has 0 atom stereocenters. The quantitative estimate of drug-likeness (QED) is 0.560. The van der Waals surface area contributed by atoms with Gasteiger partial charge >= 0.3 is 0 Å². The Morgan fingerprint density at radius 3 is 2.00 bits per heavy atom. The second-order valence-electron chi connectivity index (χ2n) is 6.31. The third-order valence-corrected chi connectivity index (χ3v) is 3.70. The molecule has 0 unspecified atom stereocenters. The Bertz CT molecular complexity index is 242. The first-order chi connectivity index (χ1) is 6.98. The molecule has 0 amide bonds. The number of amidine groups is 1. The molecule has 2 nitrogen and oxygen atoms in total. The van der Waals surface area contributed by atoms with E-state index in [9.17, 15) is 0 Å². The van der Waals surface area contributed by atoms with Gasteiger partial charge in [-0.05, 0) is 43.4 Å². The van der Waals surface area contributed by atoms with Crippen molar-refractivity contribution in [2.24, 2.45) is 33.9 Å². The number of aliphatic imine (C=N–C) groups is 1. The van der Waals surface area contributed by atoms with Crippen molar-refractivity contribution in [1.29, 1.82) is 0 Å². The van der Waals surface area contributed by atoms with E-state index in [-0.39, 0.29) is 5.41 Å². The molecule has 0 aliphatic heterocycles. The van der Waals surface area contributed by atoms with Gasteiger partial charge < -0.3 is 5.73 Å². The molecule has 0 bridgehead atoms. The molecule has 0 heterocycles. The average molecular weight is 208 g/mol. The van der Waals surface area contributed by atoms with Crippen molar-refractivity contribution in [3.05, 3.63) is 0 Å². The molecule has 0 aromatic rings. The minimum absolute atomic E-state index is 0.0393. The number of hydrogen-bond acceptors (Lipinski definition) is 1. The van der Waals surface area contributed by atoms with Crippen molar-refractivity contribution >= 4 is 5.84 Å². The fourth-order valence-corrected chi connectivity index (χ4v) is 2.17. The zero-order valence-corrected chi connectivity index (χ0v) is 10.3. The number of hydrogen-bond donors (Lipinski definition) is 1. The van der Waals surface area contributed by atoms with E-state index in [0.29, 0.717) is 0 Å². The summed E-state index contributed by atoms with van der Waals surface area (Å²) >= 11 is 0. The predicted octanol–water partition coefficient (Wildman–Crippen LogP) is 2.83. The first-order valence-corrected chi connectivity index (χ1v) is 6.29. The van der Waals surface area contributed by atoms with Crippen LogP contribution in [0.15, 0.2) is 4.99 Å². The summed E-state index contributed by atoms with van der Waals surface area (Å²) in [5.41, 5.74) is 6.03. The highest BCUT2D eigenvalue weighted by atomic mass is 14.9. The van der Waals surface area contributed by atoms with E-state index in [2.05, 4.69) is 25.8 Å². The maximum atomic E-state index is 5.99. The highest BCUT2D eigenvalue weighted by Gasteiger charge is 2.41. The molecule has 2 N–H and O–H groups in total. The minimum Gasteiger partial charge on any atom is -0.387 e. The van der Waals surface area contributed by atoms with Gasteiger partial charge in [-0.1, -0.05) is 20.8 Å². The number of nitrogens with zero attached hydrogens (tertiary/aromatic N) is 1. The van der Waals surface area contributed by atoms with E-state index < -0.39 is 0 Å². The predicted molar refractivity (Wildman–Crippen MR) is 64.9 cm³/mol. The molecule has 2 heteroatoms. The monoisotopic (exact) mass is 208 g/mol. The van der Waals surface area contributed by atoms with Crippen LogP contribution in [0.1, 0.15) is 46.5 Å². The highest BCUT2D eigenvalue weighted by molar-refractivity contribution is 5.85. The third kappa shape index (κ3) is 2.96. The summed E-state index contributed by atoms with van der Waals surface area (Å²) in [6.45, 7) is 7.39. The molecule has 86 valence electrons. The Morgan fingerprint density at radius 1 is 1.20 bits per heavy atom. The van der Waals surface area contributed by atoms with E-state index in [1.165, 1.54) is 25.7 Å². The van der Waals surface area contributed by atoms with Gasteiger partial charge in [0, 0.05) is 12.0 Å². The molecular weight excluding hydrogens is 184 g/mol. The molecule has 0 saturated heterocycles. The van der Waals surface area contributed by atoms with Gasteiger partial charge in [-0.25, -0.2) is 0 Å². The van der Waals surface area contributed by atoms with Crippen LogP contribution in [-0.4, -0.2) is 12.4 Å². The zero-order valence-electron chi connectivity index (χ0n) is 10.3. The van der Waals surface area contributed by atoms with Crippen molar-refractivity contribution in [3.8, 4) is 0 Å². The summed E-state index contributed by atoms with van der Waals surface area (Å²) in [7, 11) is 0. The van der Waals surface area contributed by atoms with Crippen LogP contribution in [0.2, 0.25) is 0 Å². The second kappa shape index (κ2) is 3.80. The molecule has 2 fully saturated rings. The van der Waals surface area contributed by atoms with Gasteiger partial charge in [-0.3, -0.25) is 4.99 Å². The summed E-state index contributed by atoms with van der Waals surface area (Å²) in [5, 5.41) is 0. The summed E-state index contributed by atoms with van der Waals surface area (Å²) < 4.78 is 0. The molecule has 15 heavy (non-hydrogen) atoms. The van der Waals surface area contributed by atoms with Crippen molar-refractivity contribution in [3.63, 3.8) is 0 Å². The topological polar surface area (TPSA) is 38.4 Å². The zero-order chi connectivity index (χ0) is 11.1. The highest BCUT2D eigenvalue weighted by Crippen LogP contribution is 2.49. The Labute approximate surface area is 93.3 Å². The molecule has 0 radical (unpaired) electrons. The average Bonchev–Trinajstić information content (AvgIpc) is 2.98. The van der Waals surface area contributed by atoms with Crippen LogP contribution in [0.4, 0.5) is 0 Å². The number of rotatable bonds is 4. The molecule has 2 aliphatic carbocycles. The van der Waals surface area contributed by atoms with Crippen LogP contribution < -0.4 is 5.73 Å². The molecule has 2 rings (SSSR count). The van der Waals surface area contributed by atoms with E-state index in [1.807, 2.05) is 0 Å². The van der Waals surface area contributed by atoms with Gasteiger partial charge in [-0.2, -0.15) is 0 Å². The Kier molecular flexibility index (Phi) is 2.78. The minimum atomic E-state index is 0.0393. The lowest BCUT2D eigenvalue weighted by molar-refractivity contribution is 0.415. The van der Waals surface area contributed by atoms with Crippen LogP contribution in [-0.2, 0) is 0 Å². The normalized spacial score (nSPS) is 23.6. The standard InChI is InChI=1S/C13H24N2/c1-13(2,3)12(14)15-8-11(9-4-5-9)10-6-7-10/h9-11H,4-8H2,1-3H3,(H2,14,15). The van der Waals surface area contributed by atoms with Gasteiger partial charge in [0.25, 0.3) is 0 Å². The molecular formula is C13H24N2. The van der Waals surface area contributed by atoms with Crippen LogP contribution in [0.5, 0.6) is 0 Å². The number of nitrogens with two attached hydrogens (primary N) is 1. The van der Waals surface area contributed by atoms with Gasteiger partial charge in [0.15, 0.2) is 0 Å². The molecule has 0 spiro atoms. The Hall–Kier alpha value is -0.530. The summed E-state index contributed by atoms with van der Waals surface area (Å²) in [6, 6.07) is 0. The van der Waals surface area contributed by atoms with Crippen molar-refractivity contribution in [2.45, 2.75) is 46.5 Å². The molecule has 2 aliphatic rings. The SMILES string of the molecule is CC(C)(C)C(N)=NCC(C1CC1)C1CC1. The van der Waals surface area contributed by atoms with Crippen molar-refractivity contribution in [1.82, 2.24) is 0 Å². The first-order valence-electron chi connectivity index (χ1n) is 6.29. The van der Waals surface area contributed by atoms with Crippen LogP contribution in [0, 0.1) is 23.2 Å². The van der Waals surface area contributed by atoms with E-state index in [4.69, 9.17) is 5.73 Å². The third-order valence-electron chi connectivity index (χ3n) is 3.70. The van der Waals surface area contributed by atoms with E-state index in [0.717, 1.165) is 30.1 Å². The fourth-order valence-electron chi connectivity index (χ4n) is 2.17. The lowest BCUT2D eigenvalue weighted by atomic mass is 9.94. The Balaban J connectivity index is 1.89. The van der Waals surface area contributed by atoms with Gasteiger partial charge in [0.1, 0.15) is 0 Å². The van der Waals surface area contributed by atoms with Gasteiger partial charge in [0.05, 0.1) is 5.84 Å². The summed E-state index contributed by atoms with van der Waals surface area (Å²) in [6.07, 6.45) is 5.75. The molecule has 2 saturated carbocycles. The van der Waals surface area contributed by atoms with Gasteiger partial charge in [-0.15, -0.1) is 0 Å². The Morgan fingerprint density at radius 2 is 1.67 bits per heavy atom. The molecule has 0 aromatic carbocycles. The lowest BCUT2D eigenvalue weighted by Gasteiger charge is -2.19. The first kappa shape index (κ1) is 11.0. The van der Waals surface area contributed by atoms with Crippen molar-refractivity contribution in [2.75, 3.05) is 6.54 Å². The van der Waals surface area contributed by atoms with Crippen molar-refractivity contribution < 1.29 is 0 Å². The maximum absolute atomic E-state index is 5.99. The van der Waals surface area contributed by atoms with Crippen LogP contribution in [0.25, 0.3) is 0 Å². The summed E-state index contributed by atoms with van der Waals surface area (Å²) in [4.78, 5) is 4.61. The molecule has 0 aromatic heterocycles. The smallest absolute Gasteiger partial charge is 0.0991 e. The fraction of sp³-hybridized carbons (Fsp3) is 0.923.